The zero-order valence-corrected chi connectivity index (χ0v) is 14.7. The molecule has 0 unspecified atom stereocenters. The predicted octanol–water partition coefficient (Wildman–Crippen LogP) is 2.79. The van der Waals surface area contributed by atoms with Gasteiger partial charge in [0.25, 0.3) is 5.91 Å². The van der Waals surface area contributed by atoms with Crippen LogP contribution < -0.4 is 10.6 Å². The van der Waals surface area contributed by atoms with E-state index < -0.39 is 0 Å². The van der Waals surface area contributed by atoms with E-state index in [1.165, 1.54) is 12.1 Å². The van der Waals surface area contributed by atoms with E-state index in [0.29, 0.717) is 17.8 Å². The lowest BCUT2D eigenvalue weighted by molar-refractivity contribution is -0.117. The number of carbonyl (C=O) groups is 2. The lowest BCUT2D eigenvalue weighted by Crippen LogP contribution is -2.31. The van der Waals surface area contributed by atoms with E-state index in [4.69, 9.17) is 0 Å². The number of rotatable bonds is 7. The molecule has 1 aliphatic carbocycles. The van der Waals surface area contributed by atoms with Gasteiger partial charge in [-0.1, -0.05) is 24.3 Å². The van der Waals surface area contributed by atoms with Gasteiger partial charge in [-0.3, -0.25) is 14.5 Å². The summed E-state index contributed by atoms with van der Waals surface area (Å²) in [6.45, 7) is 0.587. The summed E-state index contributed by atoms with van der Waals surface area (Å²) < 4.78 is 13.2. The van der Waals surface area contributed by atoms with Gasteiger partial charge < -0.3 is 10.6 Å². The normalized spacial score (nSPS) is 13.5. The van der Waals surface area contributed by atoms with Crippen LogP contribution in [0.25, 0.3) is 0 Å². The summed E-state index contributed by atoms with van der Waals surface area (Å²) in [7, 11) is 1.79. The molecule has 0 radical (unpaired) electrons. The maximum atomic E-state index is 13.2. The second kappa shape index (κ2) is 8.10. The fourth-order valence-electron chi connectivity index (χ4n) is 2.72. The number of hydrogen-bond acceptors (Lipinski definition) is 3. The van der Waals surface area contributed by atoms with Crippen LogP contribution in [0.15, 0.2) is 48.5 Å². The number of carbonyl (C=O) groups excluding carboxylic acids is 2. The summed E-state index contributed by atoms with van der Waals surface area (Å²) in [5, 5.41) is 5.72. The Morgan fingerprint density at radius 2 is 1.92 bits per heavy atom. The average Bonchev–Trinajstić information content (AvgIpc) is 3.39. The highest BCUT2D eigenvalue weighted by Crippen LogP contribution is 2.21. The van der Waals surface area contributed by atoms with Gasteiger partial charge in [0.15, 0.2) is 0 Å². The predicted molar refractivity (Wildman–Crippen MR) is 98.3 cm³/mol. The Hall–Kier alpha value is -2.73. The van der Waals surface area contributed by atoms with Crippen LogP contribution in [0, 0.1) is 5.82 Å². The van der Waals surface area contributed by atoms with E-state index >= 15 is 0 Å². The Labute approximate surface area is 152 Å². The monoisotopic (exact) mass is 355 g/mol. The van der Waals surface area contributed by atoms with Gasteiger partial charge in [-0.25, -0.2) is 4.39 Å². The van der Waals surface area contributed by atoms with Gasteiger partial charge in [0.1, 0.15) is 5.82 Å². The topological polar surface area (TPSA) is 61.4 Å². The number of nitrogens with zero attached hydrogens (tertiary/aromatic N) is 1. The number of nitrogens with one attached hydrogen (secondary N) is 2. The Balaban J connectivity index is 1.58. The second-order valence-corrected chi connectivity index (χ2v) is 6.64. The van der Waals surface area contributed by atoms with Crippen LogP contribution in [0.5, 0.6) is 0 Å². The van der Waals surface area contributed by atoms with Crippen molar-refractivity contribution in [2.45, 2.75) is 25.4 Å². The lowest BCUT2D eigenvalue weighted by atomic mass is 10.1. The van der Waals surface area contributed by atoms with Gasteiger partial charge in [-0.15, -0.1) is 0 Å². The Morgan fingerprint density at radius 1 is 1.15 bits per heavy atom. The molecule has 0 atom stereocenters. The molecule has 0 heterocycles. The Morgan fingerprint density at radius 3 is 2.65 bits per heavy atom. The minimum Gasteiger partial charge on any atom is -0.349 e. The van der Waals surface area contributed by atoms with Gasteiger partial charge in [-0.2, -0.15) is 0 Å². The molecular formula is C20H22FN3O2. The van der Waals surface area contributed by atoms with Crippen molar-refractivity contribution in [3.8, 4) is 0 Å². The molecule has 0 aromatic heterocycles. The van der Waals surface area contributed by atoms with Crippen molar-refractivity contribution in [3.63, 3.8) is 0 Å². The molecule has 0 saturated heterocycles. The first-order valence-electron chi connectivity index (χ1n) is 8.64. The molecule has 1 saturated carbocycles. The number of para-hydroxylation sites is 1. The first-order valence-corrected chi connectivity index (χ1v) is 8.64. The maximum Gasteiger partial charge on any atom is 0.253 e. The third-order valence-corrected chi connectivity index (χ3v) is 4.11. The van der Waals surface area contributed by atoms with Crippen molar-refractivity contribution in [1.29, 1.82) is 0 Å². The molecule has 1 fully saturated rings. The first kappa shape index (κ1) is 18.1. The molecule has 5 nitrogen and oxygen atoms in total. The van der Waals surface area contributed by atoms with Crippen LogP contribution in [0.3, 0.4) is 0 Å². The molecule has 26 heavy (non-hydrogen) atoms. The van der Waals surface area contributed by atoms with Crippen LogP contribution in [0.2, 0.25) is 0 Å². The molecule has 0 bridgehead atoms. The summed E-state index contributed by atoms with van der Waals surface area (Å²) in [4.78, 5) is 26.4. The van der Waals surface area contributed by atoms with Crippen molar-refractivity contribution in [1.82, 2.24) is 10.2 Å². The minimum absolute atomic E-state index is 0.134. The summed E-state index contributed by atoms with van der Waals surface area (Å²) in [6.07, 6.45) is 2.01. The third-order valence-electron chi connectivity index (χ3n) is 4.11. The van der Waals surface area contributed by atoms with Crippen LogP contribution in [-0.2, 0) is 11.3 Å². The quantitative estimate of drug-likeness (QED) is 0.803. The van der Waals surface area contributed by atoms with Crippen LogP contribution in [-0.4, -0.2) is 36.3 Å². The lowest BCUT2D eigenvalue weighted by Gasteiger charge is -2.17. The van der Waals surface area contributed by atoms with E-state index in [2.05, 4.69) is 10.6 Å². The van der Waals surface area contributed by atoms with Gasteiger partial charge in [0, 0.05) is 12.6 Å². The molecule has 6 heteroatoms. The van der Waals surface area contributed by atoms with Crippen molar-refractivity contribution >= 4 is 17.5 Å². The fourth-order valence-corrected chi connectivity index (χ4v) is 2.72. The molecule has 2 N–H and O–H groups in total. The minimum atomic E-state index is -0.295. The Bertz CT molecular complexity index is 805. The van der Waals surface area contributed by atoms with Crippen molar-refractivity contribution < 1.29 is 14.0 Å². The number of anilines is 1. The van der Waals surface area contributed by atoms with Gasteiger partial charge >= 0.3 is 0 Å². The summed E-state index contributed by atoms with van der Waals surface area (Å²) in [5.41, 5.74) is 1.75. The molecule has 3 rings (SSSR count). The van der Waals surface area contributed by atoms with Crippen molar-refractivity contribution in [2.24, 2.45) is 0 Å². The molecule has 136 valence electrons. The molecule has 0 aliphatic heterocycles. The Kier molecular flexibility index (Phi) is 5.63. The molecule has 2 aromatic carbocycles. The smallest absolute Gasteiger partial charge is 0.253 e. The third kappa shape index (κ3) is 5.13. The van der Waals surface area contributed by atoms with E-state index in [-0.39, 0.29) is 30.2 Å². The highest BCUT2D eigenvalue weighted by molar-refractivity contribution is 6.04. The first-order chi connectivity index (χ1) is 12.5. The summed E-state index contributed by atoms with van der Waals surface area (Å²) >= 11 is 0. The van der Waals surface area contributed by atoms with E-state index in [1.807, 2.05) is 6.07 Å². The zero-order chi connectivity index (χ0) is 18.5. The molecule has 2 amide bonds. The largest absolute Gasteiger partial charge is 0.349 e. The number of benzene rings is 2. The average molecular weight is 355 g/mol. The molecule has 0 spiro atoms. The van der Waals surface area contributed by atoms with E-state index in [9.17, 15) is 14.0 Å². The highest BCUT2D eigenvalue weighted by Gasteiger charge is 2.25. The van der Waals surface area contributed by atoms with Crippen molar-refractivity contribution in [3.05, 3.63) is 65.5 Å². The fraction of sp³-hybridized carbons (Fsp3) is 0.300. The highest BCUT2D eigenvalue weighted by atomic mass is 19.1. The number of halogens is 1. The standard InChI is InChI=1S/C20H22FN3O2/c1-24(12-14-5-4-6-15(21)11-14)13-19(25)23-18-8-3-2-7-17(18)20(26)22-16-9-10-16/h2-8,11,16H,9-10,12-13H2,1H3,(H,22,26)(H,23,25). The summed E-state index contributed by atoms with van der Waals surface area (Å²) in [6, 6.07) is 13.5. The number of hydrogen-bond donors (Lipinski definition) is 2. The zero-order valence-electron chi connectivity index (χ0n) is 14.7. The van der Waals surface area contributed by atoms with Crippen LogP contribution in [0.1, 0.15) is 28.8 Å². The molecule has 2 aromatic rings. The molecule has 1 aliphatic rings. The van der Waals surface area contributed by atoms with Crippen molar-refractivity contribution in [2.75, 3.05) is 18.9 Å². The number of likely N-dealkylation sites (N-methyl/N-ethyl adjacent to an activating group) is 1. The summed E-state index contributed by atoms with van der Waals surface area (Å²) in [5.74, 6) is -0.692. The van der Waals surface area contributed by atoms with Crippen LogP contribution in [0.4, 0.5) is 10.1 Å². The van der Waals surface area contributed by atoms with Gasteiger partial charge in [0.05, 0.1) is 17.8 Å². The van der Waals surface area contributed by atoms with Crippen LogP contribution >= 0.6 is 0 Å². The second-order valence-electron chi connectivity index (χ2n) is 6.64. The van der Waals surface area contributed by atoms with Gasteiger partial charge in [-0.05, 0) is 49.7 Å². The SMILES string of the molecule is CN(CC(=O)Nc1ccccc1C(=O)NC1CC1)Cc1cccc(F)c1. The van der Waals surface area contributed by atoms with E-state index in [1.54, 1.807) is 42.3 Å². The maximum absolute atomic E-state index is 13.2. The molecular weight excluding hydrogens is 333 g/mol. The van der Waals surface area contributed by atoms with Gasteiger partial charge in [0.2, 0.25) is 5.91 Å². The van der Waals surface area contributed by atoms with E-state index in [0.717, 1.165) is 18.4 Å². The number of amides is 2.